The van der Waals surface area contributed by atoms with Crippen LogP contribution in [-0.4, -0.2) is 47.1 Å². The molecule has 3 rings (SSSR count). The van der Waals surface area contributed by atoms with Gasteiger partial charge in [0.05, 0.1) is 10.9 Å². The Balaban J connectivity index is 1.70. The summed E-state index contributed by atoms with van der Waals surface area (Å²) in [5.74, 6) is 0.631. The Morgan fingerprint density at radius 3 is 3.09 bits per heavy atom. The molecule has 2 aliphatic heterocycles. The van der Waals surface area contributed by atoms with E-state index in [1.807, 2.05) is 17.0 Å². The van der Waals surface area contributed by atoms with Crippen LogP contribution in [0.1, 0.15) is 26.2 Å². The molecule has 2 aliphatic rings. The van der Waals surface area contributed by atoms with E-state index < -0.39 is 0 Å². The van der Waals surface area contributed by atoms with Gasteiger partial charge >= 0.3 is 0 Å². The highest BCUT2D eigenvalue weighted by molar-refractivity contribution is 8.00. The number of fused-ring (bicyclic) bond motifs is 1. The summed E-state index contributed by atoms with van der Waals surface area (Å²) in [6, 6.07) is 3.71. The van der Waals surface area contributed by atoms with Crippen molar-refractivity contribution in [3.63, 3.8) is 0 Å². The van der Waals surface area contributed by atoms with E-state index >= 15 is 0 Å². The fraction of sp³-hybridized carbons (Fsp3) is 0.562. The zero-order valence-electron chi connectivity index (χ0n) is 13.0. The monoisotopic (exact) mass is 319 g/mol. The summed E-state index contributed by atoms with van der Waals surface area (Å²) in [4.78, 5) is 32.8. The minimum Gasteiger partial charge on any atom is -0.342 e. The Bertz CT molecular complexity index is 593. The summed E-state index contributed by atoms with van der Waals surface area (Å²) in [7, 11) is 1.75. The predicted molar refractivity (Wildman–Crippen MR) is 86.9 cm³/mol. The lowest BCUT2D eigenvalue weighted by molar-refractivity contribution is -0.134. The molecule has 3 heterocycles. The lowest BCUT2D eigenvalue weighted by Crippen LogP contribution is -2.44. The van der Waals surface area contributed by atoms with E-state index in [2.05, 4.69) is 11.9 Å². The summed E-state index contributed by atoms with van der Waals surface area (Å²) < 4.78 is 0. The van der Waals surface area contributed by atoms with Crippen LogP contribution in [0.25, 0.3) is 0 Å². The zero-order chi connectivity index (χ0) is 15.7. The number of aromatic nitrogens is 1. The summed E-state index contributed by atoms with van der Waals surface area (Å²) in [5, 5.41) is 0.464. The van der Waals surface area contributed by atoms with Gasteiger partial charge in [-0.15, -0.1) is 0 Å². The van der Waals surface area contributed by atoms with Gasteiger partial charge in [0, 0.05) is 32.8 Å². The number of carbonyl (C=O) groups excluding carboxylic acids is 2. The van der Waals surface area contributed by atoms with Gasteiger partial charge in [0.15, 0.2) is 0 Å². The van der Waals surface area contributed by atoms with E-state index in [0.29, 0.717) is 5.92 Å². The maximum absolute atomic E-state index is 12.5. The van der Waals surface area contributed by atoms with Gasteiger partial charge in [0.25, 0.3) is 0 Å². The number of rotatable bonds is 2. The standard InChI is InChI=1S/C16H21N3O2S/c1-11-5-4-8-19(10-11)14(20)9-13-16(21)18(2)12-6-3-7-17-15(12)22-13/h3,6-7,11,13H,4-5,8-10H2,1-2H3/t11-,13+/m0/s1. The van der Waals surface area contributed by atoms with Crippen molar-refractivity contribution in [1.82, 2.24) is 9.88 Å². The first kappa shape index (κ1) is 15.3. The Labute approximate surface area is 135 Å². The molecule has 0 bridgehead atoms. The van der Waals surface area contributed by atoms with E-state index in [4.69, 9.17) is 0 Å². The van der Waals surface area contributed by atoms with Crippen LogP contribution in [0.15, 0.2) is 23.4 Å². The highest BCUT2D eigenvalue weighted by Crippen LogP contribution is 2.38. The van der Waals surface area contributed by atoms with Gasteiger partial charge in [-0.1, -0.05) is 18.7 Å². The summed E-state index contributed by atoms with van der Waals surface area (Å²) >= 11 is 1.41. The molecule has 0 radical (unpaired) electrons. The van der Waals surface area contributed by atoms with Gasteiger partial charge in [-0.05, 0) is 30.9 Å². The zero-order valence-corrected chi connectivity index (χ0v) is 13.8. The van der Waals surface area contributed by atoms with Crippen LogP contribution in [0, 0.1) is 5.92 Å². The molecule has 0 aliphatic carbocycles. The second-order valence-corrected chi connectivity index (χ2v) is 7.31. The minimum atomic E-state index is -0.364. The number of piperidine rings is 1. The maximum atomic E-state index is 12.5. The molecule has 1 aromatic rings. The second kappa shape index (κ2) is 6.28. The molecule has 2 atom stereocenters. The highest BCUT2D eigenvalue weighted by Gasteiger charge is 2.35. The normalized spacial score (nSPS) is 25.1. The quantitative estimate of drug-likeness (QED) is 0.838. The fourth-order valence-electron chi connectivity index (χ4n) is 3.08. The topological polar surface area (TPSA) is 53.5 Å². The van der Waals surface area contributed by atoms with E-state index in [-0.39, 0.29) is 23.5 Å². The molecule has 22 heavy (non-hydrogen) atoms. The number of carbonyl (C=O) groups is 2. The van der Waals surface area contributed by atoms with E-state index in [1.54, 1.807) is 18.1 Å². The first-order valence-electron chi connectivity index (χ1n) is 7.73. The number of hydrogen-bond acceptors (Lipinski definition) is 4. The Hall–Kier alpha value is -1.56. The van der Waals surface area contributed by atoms with Crippen molar-refractivity contribution in [2.45, 2.75) is 36.5 Å². The van der Waals surface area contributed by atoms with Crippen molar-refractivity contribution in [1.29, 1.82) is 0 Å². The number of hydrogen-bond donors (Lipinski definition) is 0. The molecule has 6 heteroatoms. The lowest BCUT2D eigenvalue weighted by Gasteiger charge is -2.34. The maximum Gasteiger partial charge on any atom is 0.240 e. The van der Waals surface area contributed by atoms with Crippen molar-refractivity contribution >= 4 is 29.3 Å². The molecule has 0 unspecified atom stereocenters. The SMILES string of the molecule is C[C@H]1CCCN(C(=O)C[C@H]2Sc3ncccc3N(C)C2=O)C1. The molecule has 2 amide bonds. The number of likely N-dealkylation sites (tertiary alicyclic amines) is 1. The van der Waals surface area contributed by atoms with E-state index in [0.717, 1.165) is 30.2 Å². The van der Waals surface area contributed by atoms with Gasteiger partial charge in [-0.2, -0.15) is 0 Å². The van der Waals surface area contributed by atoms with Gasteiger partial charge in [0.2, 0.25) is 11.8 Å². The number of thioether (sulfide) groups is 1. The van der Waals surface area contributed by atoms with Crippen LogP contribution in [0.5, 0.6) is 0 Å². The molecular weight excluding hydrogens is 298 g/mol. The minimum absolute atomic E-state index is 0.0103. The third kappa shape index (κ3) is 2.97. The van der Waals surface area contributed by atoms with Gasteiger partial charge in [0.1, 0.15) is 5.03 Å². The summed E-state index contributed by atoms with van der Waals surface area (Å²) in [6.07, 6.45) is 4.22. The molecule has 1 saturated heterocycles. The number of nitrogens with zero attached hydrogens (tertiary/aromatic N) is 3. The van der Waals surface area contributed by atoms with E-state index in [9.17, 15) is 9.59 Å². The average molecular weight is 319 g/mol. The van der Waals surface area contributed by atoms with Crippen LogP contribution in [-0.2, 0) is 9.59 Å². The van der Waals surface area contributed by atoms with Crippen LogP contribution in [0.2, 0.25) is 0 Å². The third-order valence-electron chi connectivity index (χ3n) is 4.34. The highest BCUT2D eigenvalue weighted by atomic mass is 32.2. The molecule has 0 N–H and O–H groups in total. The van der Waals surface area contributed by atoms with Crippen molar-refractivity contribution in [2.75, 3.05) is 25.0 Å². The molecule has 0 saturated carbocycles. The van der Waals surface area contributed by atoms with Crippen LogP contribution in [0.4, 0.5) is 5.69 Å². The molecule has 5 nitrogen and oxygen atoms in total. The number of anilines is 1. The van der Waals surface area contributed by atoms with Crippen molar-refractivity contribution in [3.8, 4) is 0 Å². The summed E-state index contributed by atoms with van der Waals surface area (Å²) in [5.41, 5.74) is 0.827. The van der Waals surface area contributed by atoms with Crippen LogP contribution in [0.3, 0.4) is 0 Å². The lowest BCUT2D eigenvalue weighted by atomic mass is 10.00. The smallest absolute Gasteiger partial charge is 0.240 e. The number of amides is 2. The molecule has 0 spiro atoms. The molecular formula is C16H21N3O2S. The first-order chi connectivity index (χ1) is 10.6. The predicted octanol–water partition coefficient (Wildman–Crippen LogP) is 2.17. The van der Waals surface area contributed by atoms with E-state index in [1.165, 1.54) is 18.2 Å². The van der Waals surface area contributed by atoms with Crippen LogP contribution >= 0.6 is 11.8 Å². The largest absolute Gasteiger partial charge is 0.342 e. The summed E-state index contributed by atoms with van der Waals surface area (Å²) in [6.45, 7) is 3.81. The van der Waals surface area contributed by atoms with Crippen LogP contribution < -0.4 is 4.90 Å². The third-order valence-corrected chi connectivity index (χ3v) is 5.53. The van der Waals surface area contributed by atoms with Gasteiger partial charge < -0.3 is 9.80 Å². The molecule has 118 valence electrons. The van der Waals surface area contributed by atoms with Crippen molar-refractivity contribution < 1.29 is 9.59 Å². The van der Waals surface area contributed by atoms with Gasteiger partial charge in [-0.3, -0.25) is 9.59 Å². The first-order valence-corrected chi connectivity index (χ1v) is 8.61. The second-order valence-electron chi connectivity index (χ2n) is 6.12. The molecule has 0 aromatic carbocycles. The van der Waals surface area contributed by atoms with Crippen molar-refractivity contribution in [3.05, 3.63) is 18.3 Å². The Morgan fingerprint density at radius 1 is 1.50 bits per heavy atom. The van der Waals surface area contributed by atoms with Crippen molar-refractivity contribution in [2.24, 2.45) is 5.92 Å². The molecule has 1 fully saturated rings. The average Bonchev–Trinajstić information content (AvgIpc) is 2.52. The molecule has 1 aromatic heterocycles. The Kier molecular flexibility index (Phi) is 4.38. The number of pyridine rings is 1. The van der Waals surface area contributed by atoms with Gasteiger partial charge in [-0.25, -0.2) is 4.98 Å². The Morgan fingerprint density at radius 2 is 2.32 bits per heavy atom. The fourth-order valence-corrected chi connectivity index (χ4v) is 4.28.